The molecular formula is C15H18N2OS. The van der Waals surface area contributed by atoms with Crippen LogP contribution in [0.25, 0.3) is 0 Å². The number of hydrogen-bond acceptors (Lipinski definition) is 3. The molecule has 0 saturated carbocycles. The minimum Gasteiger partial charge on any atom is -0.397 e. The van der Waals surface area contributed by atoms with Crippen LogP contribution >= 0.6 is 11.3 Å². The van der Waals surface area contributed by atoms with Crippen molar-refractivity contribution < 1.29 is 4.79 Å². The number of anilines is 2. The number of amides is 1. The lowest BCUT2D eigenvalue weighted by Gasteiger charge is -2.12. The lowest BCUT2D eigenvalue weighted by molar-refractivity contribution is 0.103. The van der Waals surface area contributed by atoms with Crippen LogP contribution in [0.4, 0.5) is 11.4 Å². The Bertz CT molecular complexity index is 624. The molecule has 19 heavy (non-hydrogen) atoms. The molecule has 2 aromatic rings. The maximum atomic E-state index is 12.2. The van der Waals surface area contributed by atoms with Crippen LogP contribution in [0.3, 0.4) is 0 Å². The second-order valence-electron chi connectivity index (χ2n) is 4.78. The first-order chi connectivity index (χ1) is 8.90. The maximum Gasteiger partial charge on any atom is 0.265 e. The van der Waals surface area contributed by atoms with Gasteiger partial charge in [0, 0.05) is 4.88 Å². The van der Waals surface area contributed by atoms with Crippen molar-refractivity contribution in [2.24, 2.45) is 0 Å². The fourth-order valence-electron chi connectivity index (χ4n) is 1.86. The van der Waals surface area contributed by atoms with E-state index in [9.17, 15) is 4.79 Å². The van der Waals surface area contributed by atoms with Gasteiger partial charge in [0.1, 0.15) is 0 Å². The predicted octanol–water partition coefficient (Wildman–Crippen LogP) is 3.82. The molecule has 0 aliphatic carbocycles. The van der Waals surface area contributed by atoms with Gasteiger partial charge in [0.15, 0.2) is 0 Å². The highest BCUT2D eigenvalue weighted by Gasteiger charge is 2.14. The summed E-state index contributed by atoms with van der Waals surface area (Å²) in [4.78, 5) is 14.1. The standard InChI is InChI=1S/C15H18N2OS/c1-8-5-6-12(16)14(10(8)3)17-15(18)13-7-9(2)11(4)19-13/h5-7H,16H2,1-4H3,(H,17,18). The third kappa shape index (κ3) is 2.63. The van der Waals surface area contributed by atoms with Gasteiger partial charge in [-0.3, -0.25) is 4.79 Å². The van der Waals surface area contributed by atoms with Crippen molar-refractivity contribution in [3.05, 3.63) is 44.6 Å². The highest BCUT2D eigenvalue weighted by Crippen LogP contribution is 2.28. The van der Waals surface area contributed by atoms with E-state index >= 15 is 0 Å². The summed E-state index contributed by atoms with van der Waals surface area (Å²) < 4.78 is 0. The zero-order valence-corrected chi connectivity index (χ0v) is 12.4. The van der Waals surface area contributed by atoms with Gasteiger partial charge in [-0.2, -0.15) is 0 Å². The normalized spacial score (nSPS) is 10.5. The SMILES string of the molecule is Cc1cc(C(=O)Nc2c(N)ccc(C)c2C)sc1C. The van der Waals surface area contributed by atoms with Gasteiger partial charge in [0.25, 0.3) is 5.91 Å². The molecule has 1 aromatic carbocycles. The molecule has 1 amide bonds. The first kappa shape index (κ1) is 13.6. The van der Waals surface area contributed by atoms with Crippen LogP contribution in [0.5, 0.6) is 0 Å². The number of carbonyl (C=O) groups excluding carboxylic acids is 1. The molecule has 0 bridgehead atoms. The molecule has 0 radical (unpaired) electrons. The zero-order valence-electron chi connectivity index (χ0n) is 11.6. The van der Waals surface area contributed by atoms with Gasteiger partial charge in [-0.25, -0.2) is 0 Å². The molecule has 3 nitrogen and oxygen atoms in total. The molecule has 3 N–H and O–H groups in total. The highest BCUT2D eigenvalue weighted by molar-refractivity contribution is 7.14. The van der Waals surface area contributed by atoms with E-state index < -0.39 is 0 Å². The Hall–Kier alpha value is -1.81. The van der Waals surface area contributed by atoms with E-state index in [1.165, 1.54) is 16.2 Å². The lowest BCUT2D eigenvalue weighted by atomic mass is 10.1. The van der Waals surface area contributed by atoms with Crippen molar-refractivity contribution in [2.75, 3.05) is 11.1 Å². The molecule has 1 aromatic heterocycles. The quantitative estimate of drug-likeness (QED) is 0.818. The Kier molecular flexibility index (Phi) is 3.62. The maximum absolute atomic E-state index is 12.2. The molecule has 4 heteroatoms. The van der Waals surface area contributed by atoms with Gasteiger partial charge in [-0.05, 0) is 56.5 Å². The number of aryl methyl sites for hydroxylation is 3. The smallest absolute Gasteiger partial charge is 0.265 e. The monoisotopic (exact) mass is 274 g/mol. The summed E-state index contributed by atoms with van der Waals surface area (Å²) in [6.07, 6.45) is 0. The summed E-state index contributed by atoms with van der Waals surface area (Å²) >= 11 is 1.50. The molecule has 2 rings (SSSR count). The van der Waals surface area contributed by atoms with E-state index in [4.69, 9.17) is 5.73 Å². The lowest BCUT2D eigenvalue weighted by Crippen LogP contribution is -2.13. The van der Waals surface area contributed by atoms with E-state index in [1.54, 1.807) is 0 Å². The van der Waals surface area contributed by atoms with Crippen LogP contribution < -0.4 is 11.1 Å². The molecule has 0 aliphatic heterocycles. The molecule has 100 valence electrons. The van der Waals surface area contributed by atoms with Crippen LogP contribution in [-0.2, 0) is 0 Å². The number of carbonyl (C=O) groups is 1. The average molecular weight is 274 g/mol. The number of nitrogen functional groups attached to an aromatic ring is 1. The number of nitrogens with one attached hydrogen (secondary N) is 1. The van der Waals surface area contributed by atoms with E-state index in [-0.39, 0.29) is 5.91 Å². The summed E-state index contributed by atoms with van der Waals surface area (Å²) in [6, 6.07) is 5.69. The van der Waals surface area contributed by atoms with Crippen LogP contribution in [0.1, 0.15) is 31.2 Å². The van der Waals surface area contributed by atoms with E-state index in [0.29, 0.717) is 11.4 Å². The Balaban J connectivity index is 2.31. The molecular weight excluding hydrogens is 256 g/mol. The van der Waals surface area contributed by atoms with Crippen LogP contribution in [-0.4, -0.2) is 5.91 Å². The number of thiophene rings is 1. The second kappa shape index (κ2) is 5.05. The number of nitrogens with two attached hydrogens (primary N) is 1. The van der Waals surface area contributed by atoms with Gasteiger partial charge < -0.3 is 11.1 Å². The summed E-state index contributed by atoms with van der Waals surface area (Å²) in [6.45, 7) is 7.99. The van der Waals surface area contributed by atoms with Crippen molar-refractivity contribution in [3.63, 3.8) is 0 Å². The Morgan fingerprint density at radius 1 is 1.16 bits per heavy atom. The molecule has 0 spiro atoms. The van der Waals surface area contributed by atoms with Crippen LogP contribution in [0.15, 0.2) is 18.2 Å². The molecule has 0 atom stereocenters. The summed E-state index contributed by atoms with van der Waals surface area (Å²) in [7, 11) is 0. The highest BCUT2D eigenvalue weighted by atomic mass is 32.1. The topological polar surface area (TPSA) is 55.1 Å². The summed E-state index contributed by atoms with van der Waals surface area (Å²) in [5.41, 5.74) is 10.5. The van der Waals surface area contributed by atoms with Crippen LogP contribution in [0, 0.1) is 27.7 Å². The minimum atomic E-state index is -0.0957. The molecule has 0 unspecified atom stereocenters. The van der Waals surface area contributed by atoms with Crippen molar-refractivity contribution in [3.8, 4) is 0 Å². The van der Waals surface area contributed by atoms with Gasteiger partial charge in [0.2, 0.25) is 0 Å². The number of hydrogen-bond donors (Lipinski definition) is 2. The Morgan fingerprint density at radius 3 is 2.42 bits per heavy atom. The summed E-state index contributed by atoms with van der Waals surface area (Å²) in [5.74, 6) is -0.0957. The summed E-state index contributed by atoms with van der Waals surface area (Å²) in [5, 5.41) is 2.92. The average Bonchev–Trinajstić information content (AvgIpc) is 2.70. The molecule has 1 heterocycles. The van der Waals surface area contributed by atoms with Gasteiger partial charge in [0.05, 0.1) is 16.3 Å². The van der Waals surface area contributed by atoms with Gasteiger partial charge in [-0.15, -0.1) is 11.3 Å². The molecule has 0 fully saturated rings. The van der Waals surface area contributed by atoms with Crippen molar-refractivity contribution in [1.29, 1.82) is 0 Å². The van der Waals surface area contributed by atoms with E-state index in [1.807, 2.05) is 45.9 Å². The zero-order chi connectivity index (χ0) is 14.2. The first-order valence-corrected chi connectivity index (χ1v) is 6.96. The fourth-order valence-corrected chi connectivity index (χ4v) is 2.79. The van der Waals surface area contributed by atoms with E-state index in [2.05, 4.69) is 5.32 Å². The predicted molar refractivity (Wildman–Crippen MR) is 82.1 cm³/mol. The third-order valence-electron chi connectivity index (χ3n) is 3.40. The number of benzene rings is 1. The van der Waals surface area contributed by atoms with Crippen LogP contribution in [0.2, 0.25) is 0 Å². The van der Waals surface area contributed by atoms with Gasteiger partial charge >= 0.3 is 0 Å². The number of rotatable bonds is 2. The van der Waals surface area contributed by atoms with Gasteiger partial charge in [-0.1, -0.05) is 6.07 Å². The largest absolute Gasteiger partial charge is 0.397 e. The molecule has 0 saturated heterocycles. The third-order valence-corrected chi connectivity index (χ3v) is 4.55. The van der Waals surface area contributed by atoms with Crippen molar-refractivity contribution >= 4 is 28.6 Å². The molecule has 0 aliphatic rings. The Labute approximate surface area is 117 Å². The minimum absolute atomic E-state index is 0.0957. The van der Waals surface area contributed by atoms with Crippen molar-refractivity contribution in [2.45, 2.75) is 27.7 Å². The van der Waals surface area contributed by atoms with E-state index in [0.717, 1.165) is 21.6 Å². The first-order valence-electron chi connectivity index (χ1n) is 6.14. The fraction of sp³-hybridized carbons (Fsp3) is 0.267. The second-order valence-corrected chi connectivity index (χ2v) is 6.03. The van der Waals surface area contributed by atoms with Crippen molar-refractivity contribution in [1.82, 2.24) is 0 Å². The Morgan fingerprint density at radius 2 is 1.84 bits per heavy atom.